The lowest BCUT2D eigenvalue weighted by molar-refractivity contribution is 0.0932. The van der Waals surface area contributed by atoms with E-state index in [1.54, 1.807) is 0 Å². The molecule has 0 heteroatoms. The number of hydrogen-bond acceptors (Lipinski definition) is 0. The Labute approximate surface area is 104 Å². The standard InChI is InChI=1S/C16H34/c1-7-11-13-16(6,10-4)15(12-8-2)14(5)9-3/h14-15H,7-13H2,1-6H3. The van der Waals surface area contributed by atoms with Gasteiger partial charge in [0.25, 0.3) is 0 Å². The second kappa shape index (κ2) is 8.14. The van der Waals surface area contributed by atoms with Crippen molar-refractivity contribution in [3.63, 3.8) is 0 Å². The fourth-order valence-electron chi connectivity index (χ4n) is 3.12. The second-order valence-corrected chi connectivity index (χ2v) is 5.89. The van der Waals surface area contributed by atoms with Crippen molar-refractivity contribution in [3.05, 3.63) is 0 Å². The fourth-order valence-corrected chi connectivity index (χ4v) is 3.12. The summed E-state index contributed by atoms with van der Waals surface area (Å²) in [6, 6.07) is 0. The van der Waals surface area contributed by atoms with Crippen LogP contribution < -0.4 is 0 Å². The van der Waals surface area contributed by atoms with Gasteiger partial charge in [-0.3, -0.25) is 0 Å². The van der Waals surface area contributed by atoms with Crippen molar-refractivity contribution >= 4 is 0 Å². The molecule has 0 aromatic heterocycles. The molecular formula is C16H34. The van der Waals surface area contributed by atoms with Gasteiger partial charge in [-0.15, -0.1) is 0 Å². The minimum atomic E-state index is 0.585. The number of hydrogen-bond donors (Lipinski definition) is 0. The Bertz CT molecular complexity index is 161. The largest absolute Gasteiger partial charge is 0.0654 e. The van der Waals surface area contributed by atoms with Gasteiger partial charge in [0.05, 0.1) is 0 Å². The number of rotatable bonds is 9. The van der Waals surface area contributed by atoms with E-state index in [-0.39, 0.29) is 0 Å². The van der Waals surface area contributed by atoms with E-state index >= 15 is 0 Å². The maximum atomic E-state index is 2.54. The van der Waals surface area contributed by atoms with E-state index in [1.807, 2.05) is 0 Å². The van der Waals surface area contributed by atoms with E-state index in [9.17, 15) is 0 Å². The summed E-state index contributed by atoms with van der Waals surface area (Å²) in [6.07, 6.45) is 9.62. The lowest BCUT2D eigenvalue weighted by Gasteiger charge is -2.41. The summed E-state index contributed by atoms with van der Waals surface area (Å²) >= 11 is 0. The molecule has 0 bridgehead atoms. The maximum absolute atomic E-state index is 2.54. The van der Waals surface area contributed by atoms with Crippen LogP contribution in [0.4, 0.5) is 0 Å². The first-order valence-corrected chi connectivity index (χ1v) is 7.55. The van der Waals surface area contributed by atoms with Gasteiger partial charge in [0.2, 0.25) is 0 Å². The van der Waals surface area contributed by atoms with Crippen molar-refractivity contribution in [2.24, 2.45) is 17.3 Å². The van der Waals surface area contributed by atoms with Crippen LogP contribution >= 0.6 is 0 Å². The number of unbranched alkanes of at least 4 members (excludes halogenated alkanes) is 1. The summed E-state index contributed by atoms with van der Waals surface area (Å²) in [5.74, 6) is 1.82. The van der Waals surface area contributed by atoms with E-state index in [2.05, 4.69) is 41.5 Å². The maximum Gasteiger partial charge on any atom is -0.0298 e. The molecule has 0 saturated heterocycles. The van der Waals surface area contributed by atoms with E-state index in [4.69, 9.17) is 0 Å². The molecule has 16 heavy (non-hydrogen) atoms. The predicted octanol–water partition coefficient (Wildman–Crippen LogP) is 6.06. The van der Waals surface area contributed by atoms with Crippen LogP contribution in [0.3, 0.4) is 0 Å². The topological polar surface area (TPSA) is 0 Å². The normalized spacial score (nSPS) is 19.1. The van der Waals surface area contributed by atoms with Crippen molar-refractivity contribution in [1.29, 1.82) is 0 Å². The van der Waals surface area contributed by atoms with Crippen molar-refractivity contribution in [1.82, 2.24) is 0 Å². The predicted molar refractivity (Wildman–Crippen MR) is 75.8 cm³/mol. The Kier molecular flexibility index (Phi) is 8.14. The SMILES string of the molecule is CCCCC(C)(CC)C(CCC)C(C)CC. The summed E-state index contributed by atoms with van der Waals surface area (Å²) in [4.78, 5) is 0. The molecule has 0 fully saturated rings. The first-order chi connectivity index (χ1) is 7.55. The molecule has 0 aromatic carbocycles. The highest BCUT2D eigenvalue weighted by Gasteiger charge is 2.33. The van der Waals surface area contributed by atoms with Crippen LogP contribution in [0.1, 0.15) is 86.5 Å². The van der Waals surface area contributed by atoms with Gasteiger partial charge in [-0.2, -0.15) is 0 Å². The van der Waals surface area contributed by atoms with E-state index in [0.717, 1.165) is 11.8 Å². The second-order valence-electron chi connectivity index (χ2n) is 5.89. The summed E-state index contributed by atoms with van der Waals surface area (Å²) in [7, 11) is 0. The van der Waals surface area contributed by atoms with Crippen LogP contribution in [0.5, 0.6) is 0 Å². The van der Waals surface area contributed by atoms with E-state index in [1.165, 1.54) is 44.9 Å². The zero-order chi connectivity index (χ0) is 12.6. The van der Waals surface area contributed by atoms with Crippen LogP contribution in [-0.4, -0.2) is 0 Å². The molecule has 0 saturated carbocycles. The Hall–Kier alpha value is 0. The highest BCUT2D eigenvalue weighted by atomic mass is 14.4. The minimum Gasteiger partial charge on any atom is -0.0654 e. The molecule has 0 N–H and O–H groups in total. The molecule has 0 aliphatic rings. The zero-order valence-electron chi connectivity index (χ0n) is 12.6. The molecule has 0 heterocycles. The Morgan fingerprint density at radius 1 is 1.00 bits per heavy atom. The quantitative estimate of drug-likeness (QED) is 0.448. The molecule has 0 rings (SSSR count). The average Bonchev–Trinajstić information content (AvgIpc) is 2.32. The van der Waals surface area contributed by atoms with Gasteiger partial charge in [0.1, 0.15) is 0 Å². The van der Waals surface area contributed by atoms with Gasteiger partial charge in [-0.05, 0) is 30.1 Å². The monoisotopic (exact) mass is 226 g/mol. The third-order valence-electron chi connectivity index (χ3n) is 4.73. The van der Waals surface area contributed by atoms with Gasteiger partial charge in [-0.25, -0.2) is 0 Å². The third kappa shape index (κ3) is 4.47. The Morgan fingerprint density at radius 2 is 1.62 bits per heavy atom. The zero-order valence-corrected chi connectivity index (χ0v) is 12.6. The van der Waals surface area contributed by atoms with Crippen LogP contribution in [-0.2, 0) is 0 Å². The molecule has 0 nitrogen and oxygen atoms in total. The molecule has 3 unspecified atom stereocenters. The van der Waals surface area contributed by atoms with E-state index < -0.39 is 0 Å². The van der Waals surface area contributed by atoms with Crippen molar-refractivity contribution in [3.8, 4) is 0 Å². The Morgan fingerprint density at radius 3 is 2.00 bits per heavy atom. The molecule has 0 aliphatic heterocycles. The van der Waals surface area contributed by atoms with Gasteiger partial charge in [0, 0.05) is 0 Å². The lowest BCUT2D eigenvalue weighted by atomic mass is 9.64. The van der Waals surface area contributed by atoms with Gasteiger partial charge in [-0.1, -0.05) is 73.6 Å². The van der Waals surface area contributed by atoms with Crippen LogP contribution in [0, 0.1) is 17.3 Å². The van der Waals surface area contributed by atoms with Crippen LogP contribution in [0.15, 0.2) is 0 Å². The fraction of sp³-hybridized carbons (Fsp3) is 1.00. The molecule has 0 spiro atoms. The summed E-state index contributed by atoms with van der Waals surface area (Å²) in [5, 5.41) is 0. The summed E-state index contributed by atoms with van der Waals surface area (Å²) in [5.41, 5.74) is 0.585. The molecule has 3 atom stereocenters. The van der Waals surface area contributed by atoms with Crippen LogP contribution in [0.25, 0.3) is 0 Å². The smallest absolute Gasteiger partial charge is 0.0298 e. The van der Waals surface area contributed by atoms with Crippen molar-refractivity contribution < 1.29 is 0 Å². The Balaban J connectivity index is 4.66. The van der Waals surface area contributed by atoms with Crippen LogP contribution in [0.2, 0.25) is 0 Å². The van der Waals surface area contributed by atoms with Gasteiger partial charge in [0.15, 0.2) is 0 Å². The first-order valence-electron chi connectivity index (χ1n) is 7.55. The van der Waals surface area contributed by atoms with Gasteiger partial charge < -0.3 is 0 Å². The average molecular weight is 226 g/mol. The third-order valence-corrected chi connectivity index (χ3v) is 4.73. The molecular weight excluding hydrogens is 192 g/mol. The molecule has 98 valence electrons. The molecule has 0 radical (unpaired) electrons. The summed E-state index contributed by atoms with van der Waals surface area (Å²) < 4.78 is 0. The van der Waals surface area contributed by atoms with Crippen molar-refractivity contribution in [2.45, 2.75) is 86.5 Å². The highest BCUT2D eigenvalue weighted by molar-refractivity contribution is 4.84. The molecule has 0 amide bonds. The molecule has 0 aromatic rings. The summed E-state index contributed by atoms with van der Waals surface area (Å²) in [6.45, 7) is 14.4. The molecule has 0 aliphatic carbocycles. The minimum absolute atomic E-state index is 0.585. The van der Waals surface area contributed by atoms with Crippen molar-refractivity contribution in [2.75, 3.05) is 0 Å². The first kappa shape index (κ1) is 16.0. The highest BCUT2D eigenvalue weighted by Crippen LogP contribution is 2.43. The lowest BCUT2D eigenvalue weighted by Crippen LogP contribution is -2.31. The van der Waals surface area contributed by atoms with E-state index in [0.29, 0.717) is 5.41 Å². The van der Waals surface area contributed by atoms with Gasteiger partial charge >= 0.3 is 0 Å².